The van der Waals surface area contributed by atoms with Crippen molar-refractivity contribution < 1.29 is 14.5 Å². The highest BCUT2D eigenvalue weighted by Crippen LogP contribution is 2.34. The van der Waals surface area contributed by atoms with Crippen LogP contribution in [0.15, 0.2) is 35.8 Å². The molecular formula is C19H29ClN4O3S. The average Bonchev–Trinajstić information content (AvgIpc) is 2.93. The van der Waals surface area contributed by atoms with Crippen LogP contribution in [0.4, 0.5) is 0 Å². The first-order chi connectivity index (χ1) is 13.5. The molecule has 1 aromatic carbocycles. The molecule has 3 rings (SSSR count). The molecule has 1 N–H and O–H groups in total. The maximum atomic E-state index is 12.9. The number of hydrogen-bond donors (Lipinski definition) is 1. The highest BCUT2D eigenvalue weighted by molar-refractivity contribution is 7.94. The Balaban J connectivity index is 1.50. The smallest absolute Gasteiger partial charge is 0.237 e. The van der Waals surface area contributed by atoms with Crippen LogP contribution in [0.25, 0.3) is 0 Å². The van der Waals surface area contributed by atoms with Gasteiger partial charge in [-0.25, -0.2) is 8.72 Å². The maximum absolute atomic E-state index is 12.9. The monoisotopic (exact) mass is 428 g/mol. The number of nitrogens with zero attached hydrogens (tertiary/aromatic N) is 3. The van der Waals surface area contributed by atoms with Crippen molar-refractivity contribution in [2.75, 3.05) is 33.9 Å². The van der Waals surface area contributed by atoms with Gasteiger partial charge in [-0.1, -0.05) is 6.92 Å². The number of benzene rings is 1. The van der Waals surface area contributed by atoms with Gasteiger partial charge in [0.05, 0.1) is 20.3 Å². The Kier molecular flexibility index (Phi) is 7.59. The Bertz CT molecular complexity index is 676. The van der Waals surface area contributed by atoms with Crippen LogP contribution in [0, 0.1) is 5.21 Å². The van der Waals surface area contributed by atoms with Gasteiger partial charge in [0.1, 0.15) is 17.2 Å². The zero-order valence-corrected chi connectivity index (χ0v) is 18.3. The quantitative estimate of drug-likeness (QED) is 0.281. The predicted octanol–water partition coefficient (Wildman–Crippen LogP) is 2.81. The van der Waals surface area contributed by atoms with Crippen molar-refractivity contribution in [3.63, 3.8) is 0 Å². The molecule has 2 heterocycles. The SMILES string of the molecule is CCCC1N(Cl)C2=C(N(CCCCOc3ccc(OC)cc3)SN(C)C2)[NH+]1[O-]. The Hall–Kier alpha value is -1.32. The van der Waals surface area contributed by atoms with Gasteiger partial charge in [-0.2, -0.15) is 0 Å². The largest absolute Gasteiger partial charge is 0.626 e. The molecule has 1 aromatic rings. The van der Waals surface area contributed by atoms with Crippen molar-refractivity contribution in [1.29, 1.82) is 0 Å². The summed E-state index contributed by atoms with van der Waals surface area (Å²) >= 11 is 8.09. The van der Waals surface area contributed by atoms with Crippen molar-refractivity contribution in [2.45, 2.75) is 38.8 Å². The summed E-state index contributed by atoms with van der Waals surface area (Å²) in [5.74, 6) is 2.44. The van der Waals surface area contributed by atoms with Gasteiger partial charge in [0.25, 0.3) is 0 Å². The summed E-state index contributed by atoms with van der Waals surface area (Å²) in [5.41, 5.74) is 0.931. The van der Waals surface area contributed by atoms with E-state index < -0.39 is 0 Å². The third-order valence-corrected chi connectivity index (χ3v) is 6.26. The first-order valence-electron chi connectivity index (χ1n) is 9.71. The number of ether oxygens (including phenoxy) is 2. The van der Waals surface area contributed by atoms with Crippen molar-refractivity contribution in [3.05, 3.63) is 41.0 Å². The fourth-order valence-electron chi connectivity index (χ4n) is 3.44. The van der Waals surface area contributed by atoms with Crippen LogP contribution in [-0.4, -0.2) is 53.0 Å². The van der Waals surface area contributed by atoms with Gasteiger partial charge in [0.15, 0.2) is 6.17 Å². The highest BCUT2D eigenvalue weighted by atomic mass is 35.5. The van der Waals surface area contributed by atoms with Crippen molar-refractivity contribution in [1.82, 2.24) is 13.0 Å². The van der Waals surface area contributed by atoms with Crippen LogP contribution in [0.2, 0.25) is 0 Å². The summed E-state index contributed by atoms with van der Waals surface area (Å²) in [6.07, 6.45) is 3.33. The Morgan fingerprint density at radius 1 is 1.25 bits per heavy atom. The number of halogens is 1. The van der Waals surface area contributed by atoms with Gasteiger partial charge >= 0.3 is 0 Å². The summed E-state index contributed by atoms with van der Waals surface area (Å²) in [6, 6.07) is 7.59. The topological polar surface area (TPSA) is 55.7 Å². The minimum absolute atomic E-state index is 0.155. The van der Waals surface area contributed by atoms with Crippen molar-refractivity contribution in [3.8, 4) is 11.5 Å². The molecule has 156 valence electrons. The van der Waals surface area contributed by atoms with Crippen LogP contribution < -0.4 is 14.5 Å². The first-order valence-corrected chi connectivity index (χ1v) is 10.8. The van der Waals surface area contributed by atoms with Crippen LogP contribution in [0.1, 0.15) is 32.6 Å². The number of methoxy groups -OCH3 is 1. The number of quaternary nitrogens is 1. The van der Waals surface area contributed by atoms with Gasteiger partial charge in [-0.3, -0.25) is 4.31 Å². The van der Waals surface area contributed by atoms with Crippen molar-refractivity contribution in [2.24, 2.45) is 0 Å². The second kappa shape index (κ2) is 9.93. The van der Waals surface area contributed by atoms with E-state index in [-0.39, 0.29) is 11.2 Å². The maximum Gasteiger partial charge on any atom is 0.237 e. The zero-order chi connectivity index (χ0) is 20.1. The zero-order valence-electron chi connectivity index (χ0n) is 16.7. The molecule has 9 heteroatoms. The van der Waals surface area contributed by atoms with Crippen molar-refractivity contribution >= 4 is 23.9 Å². The van der Waals surface area contributed by atoms with E-state index in [1.54, 1.807) is 23.7 Å². The lowest BCUT2D eigenvalue weighted by Crippen LogP contribution is -3.10. The van der Waals surface area contributed by atoms with Crippen LogP contribution in [0.3, 0.4) is 0 Å². The molecule has 0 saturated carbocycles. The summed E-state index contributed by atoms with van der Waals surface area (Å²) in [7, 11) is 3.67. The molecular weight excluding hydrogens is 400 g/mol. The number of likely N-dealkylation sites (N-methyl/N-ethyl adjacent to an activating group) is 1. The molecule has 0 saturated heterocycles. The molecule has 2 aliphatic heterocycles. The molecule has 0 fully saturated rings. The van der Waals surface area contributed by atoms with Gasteiger partial charge in [-0.15, -0.1) is 0 Å². The van der Waals surface area contributed by atoms with Gasteiger partial charge in [-0.05, 0) is 50.6 Å². The second-order valence-corrected chi connectivity index (χ2v) is 8.57. The normalized spacial score (nSPS) is 22.6. The van der Waals surface area contributed by atoms with Crippen LogP contribution in [0.5, 0.6) is 11.5 Å². The number of hydrogen-bond acceptors (Lipinski definition) is 7. The summed E-state index contributed by atoms with van der Waals surface area (Å²) in [6.45, 7) is 4.19. The van der Waals surface area contributed by atoms with E-state index in [2.05, 4.69) is 15.5 Å². The molecule has 28 heavy (non-hydrogen) atoms. The molecule has 0 aromatic heterocycles. The number of nitrogens with one attached hydrogen (secondary N) is 1. The minimum atomic E-state index is -0.232. The number of rotatable bonds is 9. The Labute approximate surface area is 176 Å². The fourth-order valence-corrected chi connectivity index (χ4v) is 4.76. The molecule has 0 bridgehead atoms. The summed E-state index contributed by atoms with van der Waals surface area (Å²) < 4.78 is 16.8. The molecule has 2 aliphatic rings. The van der Waals surface area contributed by atoms with E-state index in [4.69, 9.17) is 21.3 Å². The molecule has 2 unspecified atom stereocenters. The molecule has 0 amide bonds. The molecule has 0 aliphatic carbocycles. The van der Waals surface area contributed by atoms with E-state index in [1.807, 2.05) is 31.3 Å². The molecule has 2 atom stereocenters. The lowest BCUT2D eigenvalue weighted by molar-refractivity contribution is -0.844. The lowest BCUT2D eigenvalue weighted by Gasteiger charge is -2.35. The van der Waals surface area contributed by atoms with Crippen LogP contribution >= 0.6 is 23.9 Å². The molecule has 0 radical (unpaired) electrons. The van der Waals surface area contributed by atoms with E-state index in [0.29, 0.717) is 13.2 Å². The van der Waals surface area contributed by atoms with E-state index in [1.165, 1.54) is 0 Å². The third-order valence-electron chi connectivity index (χ3n) is 4.85. The minimum Gasteiger partial charge on any atom is -0.626 e. The standard InChI is InChI=1S/C19H29ClN4O3S/c1-4-7-18-23(20)17-14-21(2)28-22(19(17)24(18)25)12-5-6-13-27-16-10-8-15(26-3)9-11-16/h8-11,18,24H,4-7,12-14H2,1-3H3. The Morgan fingerprint density at radius 3 is 2.64 bits per heavy atom. The predicted molar refractivity (Wildman–Crippen MR) is 112 cm³/mol. The number of hydroxylamine groups is 2. The van der Waals surface area contributed by atoms with Gasteiger partial charge in [0.2, 0.25) is 5.82 Å². The average molecular weight is 429 g/mol. The summed E-state index contributed by atoms with van der Waals surface area (Å²) in [4.78, 5) is 0. The molecule has 0 spiro atoms. The van der Waals surface area contributed by atoms with Gasteiger partial charge in [0, 0.05) is 36.9 Å². The number of unbranched alkanes of at least 4 members (excludes halogenated alkanes) is 1. The van der Waals surface area contributed by atoms with E-state index in [9.17, 15) is 5.21 Å². The molecule has 7 nitrogen and oxygen atoms in total. The lowest BCUT2D eigenvalue weighted by atomic mass is 10.3. The van der Waals surface area contributed by atoms with E-state index >= 15 is 0 Å². The van der Waals surface area contributed by atoms with E-state index in [0.717, 1.165) is 55.2 Å². The third kappa shape index (κ3) is 4.80. The fraction of sp³-hybridized carbons (Fsp3) is 0.579. The second-order valence-electron chi connectivity index (χ2n) is 6.98. The first kappa shape index (κ1) is 21.4. The van der Waals surface area contributed by atoms with Crippen LogP contribution in [-0.2, 0) is 0 Å². The van der Waals surface area contributed by atoms with Gasteiger partial charge < -0.3 is 19.7 Å². The Morgan fingerprint density at radius 2 is 1.96 bits per heavy atom. The summed E-state index contributed by atoms with van der Waals surface area (Å²) in [5, 5.41) is 13.0. The highest BCUT2D eigenvalue weighted by Gasteiger charge is 2.44.